The molecule has 8 nitrogen and oxygen atoms in total. The number of nitro groups is 1. The molecule has 2 N–H and O–H groups in total. The first-order chi connectivity index (χ1) is 8.61. The van der Waals surface area contributed by atoms with Crippen LogP contribution in [0.25, 0.3) is 0 Å². The van der Waals surface area contributed by atoms with Crippen LogP contribution >= 0.6 is 0 Å². The van der Waals surface area contributed by atoms with Gasteiger partial charge in [0.05, 0.1) is 16.7 Å². The number of aliphatic hydroxyl groups is 1. The van der Waals surface area contributed by atoms with E-state index in [9.17, 15) is 24.8 Å². The first-order valence-corrected chi connectivity index (χ1v) is 5.47. The zero-order valence-electron chi connectivity index (χ0n) is 10.8. The second-order valence-electron chi connectivity index (χ2n) is 4.83. The lowest BCUT2D eigenvalue weighted by molar-refractivity contribution is -0.385. The number of hydrogen-bond donors (Lipinski definition) is 2. The van der Waals surface area contributed by atoms with Crippen LogP contribution in [-0.4, -0.2) is 45.0 Å². The maximum atomic E-state index is 12.0. The van der Waals surface area contributed by atoms with Crippen LogP contribution in [0.5, 0.6) is 0 Å². The zero-order chi connectivity index (χ0) is 14.8. The Labute approximate surface area is 108 Å². The summed E-state index contributed by atoms with van der Waals surface area (Å²) in [4.78, 5) is 36.7. The Balaban J connectivity index is 3.09. The van der Waals surface area contributed by atoms with E-state index in [1.165, 1.54) is 20.9 Å². The summed E-state index contributed by atoms with van der Waals surface area (Å²) in [6.07, 6.45) is 0.926. The number of aromatic amines is 1. The van der Waals surface area contributed by atoms with Gasteiger partial charge in [0, 0.05) is 19.7 Å². The molecule has 19 heavy (non-hydrogen) atoms. The van der Waals surface area contributed by atoms with Crippen molar-refractivity contribution in [3.05, 3.63) is 38.3 Å². The molecule has 0 saturated heterocycles. The lowest BCUT2D eigenvalue weighted by atomic mass is 10.1. The molecule has 0 saturated carbocycles. The molecule has 1 rings (SSSR count). The highest BCUT2D eigenvalue weighted by atomic mass is 16.6. The second kappa shape index (κ2) is 5.19. The van der Waals surface area contributed by atoms with E-state index in [2.05, 4.69) is 4.98 Å². The van der Waals surface area contributed by atoms with E-state index < -0.39 is 22.0 Å². The maximum absolute atomic E-state index is 12.0. The van der Waals surface area contributed by atoms with E-state index in [1.807, 2.05) is 0 Å². The zero-order valence-corrected chi connectivity index (χ0v) is 10.8. The number of hydrogen-bond acceptors (Lipinski definition) is 5. The molecule has 0 unspecified atom stereocenters. The van der Waals surface area contributed by atoms with Crippen LogP contribution in [0.1, 0.15) is 24.2 Å². The van der Waals surface area contributed by atoms with Crippen LogP contribution in [-0.2, 0) is 0 Å². The molecule has 0 radical (unpaired) electrons. The summed E-state index contributed by atoms with van der Waals surface area (Å²) in [5, 5.41) is 20.2. The van der Waals surface area contributed by atoms with Crippen molar-refractivity contribution in [3.8, 4) is 0 Å². The highest BCUT2D eigenvalue weighted by Gasteiger charge is 2.23. The SMILES string of the molecule is CN(CC(C)(C)O)C(=O)c1cc([N+](=O)[O-])c[nH]c1=O. The third-order valence-corrected chi connectivity index (χ3v) is 2.30. The molecule has 0 aromatic carbocycles. The standard InChI is InChI=1S/C11H15N3O5/c1-11(2,17)6-13(3)10(16)8-4-7(14(18)19)5-12-9(8)15/h4-5,17H,6H2,1-3H3,(H,12,15). The van der Waals surface area contributed by atoms with Crippen molar-refractivity contribution in [2.75, 3.05) is 13.6 Å². The average molecular weight is 269 g/mol. The fourth-order valence-corrected chi connectivity index (χ4v) is 1.59. The van der Waals surface area contributed by atoms with Gasteiger partial charge in [0.1, 0.15) is 5.56 Å². The lowest BCUT2D eigenvalue weighted by Gasteiger charge is -2.25. The number of pyridine rings is 1. The summed E-state index contributed by atoms with van der Waals surface area (Å²) < 4.78 is 0. The monoisotopic (exact) mass is 269 g/mol. The fourth-order valence-electron chi connectivity index (χ4n) is 1.59. The van der Waals surface area contributed by atoms with Crippen LogP contribution in [0.4, 0.5) is 5.69 Å². The summed E-state index contributed by atoms with van der Waals surface area (Å²) in [6, 6.07) is 0.919. The van der Waals surface area contributed by atoms with Gasteiger partial charge < -0.3 is 15.0 Å². The van der Waals surface area contributed by atoms with Gasteiger partial charge in [0.15, 0.2) is 0 Å². The summed E-state index contributed by atoms with van der Waals surface area (Å²) in [6.45, 7) is 3.01. The van der Waals surface area contributed by atoms with Crippen molar-refractivity contribution in [2.45, 2.75) is 19.4 Å². The third kappa shape index (κ3) is 3.88. The minimum atomic E-state index is -1.13. The summed E-state index contributed by atoms with van der Waals surface area (Å²) in [5.74, 6) is -0.688. The molecule has 0 aliphatic carbocycles. The number of rotatable bonds is 4. The summed E-state index contributed by atoms with van der Waals surface area (Å²) >= 11 is 0. The Morgan fingerprint density at radius 2 is 2.16 bits per heavy atom. The number of H-pyrrole nitrogens is 1. The maximum Gasteiger partial charge on any atom is 0.286 e. The molecule has 0 bridgehead atoms. The van der Waals surface area contributed by atoms with E-state index in [0.29, 0.717) is 0 Å². The molecule has 0 aliphatic rings. The Bertz CT molecular complexity index is 558. The van der Waals surface area contributed by atoms with Crippen molar-refractivity contribution in [1.29, 1.82) is 0 Å². The summed E-state index contributed by atoms with van der Waals surface area (Å²) in [7, 11) is 1.40. The molecule has 8 heteroatoms. The van der Waals surface area contributed by atoms with Crippen molar-refractivity contribution in [2.24, 2.45) is 0 Å². The number of aromatic nitrogens is 1. The molecule has 1 heterocycles. The number of likely N-dealkylation sites (N-methyl/N-ethyl adjacent to an activating group) is 1. The molecule has 1 amide bonds. The normalized spacial score (nSPS) is 11.2. The van der Waals surface area contributed by atoms with Gasteiger partial charge in [0.2, 0.25) is 0 Å². The number of amides is 1. The Morgan fingerprint density at radius 1 is 1.58 bits per heavy atom. The van der Waals surface area contributed by atoms with E-state index >= 15 is 0 Å². The Morgan fingerprint density at radius 3 is 2.63 bits per heavy atom. The molecular weight excluding hydrogens is 254 g/mol. The van der Waals surface area contributed by atoms with Gasteiger partial charge in [-0.2, -0.15) is 0 Å². The quantitative estimate of drug-likeness (QED) is 0.595. The van der Waals surface area contributed by atoms with Crippen LogP contribution < -0.4 is 5.56 Å². The molecule has 0 fully saturated rings. The second-order valence-corrected chi connectivity index (χ2v) is 4.83. The largest absolute Gasteiger partial charge is 0.389 e. The molecule has 0 spiro atoms. The van der Waals surface area contributed by atoms with E-state index in [4.69, 9.17) is 0 Å². The topological polar surface area (TPSA) is 117 Å². The van der Waals surface area contributed by atoms with E-state index in [0.717, 1.165) is 17.2 Å². The first kappa shape index (κ1) is 14.8. The van der Waals surface area contributed by atoms with Crippen LogP contribution in [0.2, 0.25) is 0 Å². The van der Waals surface area contributed by atoms with Crippen LogP contribution in [0.15, 0.2) is 17.1 Å². The third-order valence-electron chi connectivity index (χ3n) is 2.30. The Kier molecular flexibility index (Phi) is 4.05. The molecule has 0 aliphatic heterocycles. The van der Waals surface area contributed by atoms with Crippen molar-refractivity contribution < 1.29 is 14.8 Å². The Hall–Kier alpha value is -2.22. The minimum absolute atomic E-state index is 0.00599. The van der Waals surface area contributed by atoms with Crippen molar-refractivity contribution in [1.82, 2.24) is 9.88 Å². The van der Waals surface area contributed by atoms with E-state index in [1.54, 1.807) is 0 Å². The van der Waals surface area contributed by atoms with Crippen molar-refractivity contribution in [3.63, 3.8) is 0 Å². The minimum Gasteiger partial charge on any atom is -0.389 e. The van der Waals surface area contributed by atoms with Gasteiger partial charge in [-0.25, -0.2) is 0 Å². The number of carbonyl (C=O) groups excluding carboxylic acids is 1. The fraction of sp³-hybridized carbons (Fsp3) is 0.455. The predicted molar refractivity (Wildman–Crippen MR) is 67.0 cm³/mol. The molecular formula is C11H15N3O5. The predicted octanol–water partition coefficient (Wildman–Crippen LogP) is 0.126. The summed E-state index contributed by atoms with van der Waals surface area (Å²) in [5.41, 5.74) is -2.54. The van der Waals surface area contributed by atoms with E-state index in [-0.39, 0.29) is 17.8 Å². The number of nitrogens with one attached hydrogen (secondary N) is 1. The highest BCUT2D eigenvalue weighted by molar-refractivity contribution is 5.94. The smallest absolute Gasteiger partial charge is 0.286 e. The molecule has 1 aromatic heterocycles. The van der Waals surface area contributed by atoms with Gasteiger partial charge in [-0.1, -0.05) is 0 Å². The van der Waals surface area contributed by atoms with Gasteiger partial charge in [-0.3, -0.25) is 19.7 Å². The van der Waals surface area contributed by atoms with Gasteiger partial charge >= 0.3 is 0 Å². The molecule has 104 valence electrons. The number of nitrogens with zero attached hydrogens (tertiary/aromatic N) is 2. The van der Waals surface area contributed by atoms with Gasteiger partial charge in [-0.15, -0.1) is 0 Å². The molecule has 1 aromatic rings. The first-order valence-electron chi connectivity index (χ1n) is 5.47. The highest BCUT2D eigenvalue weighted by Crippen LogP contribution is 2.11. The lowest BCUT2D eigenvalue weighted by Crippen LogP contribution is -2.41. The van der Waals surface area contributed by atoms with Gasteiger partial charge in [-0.05, 0) is 13.8 Å². The van der Waals surface area contributed by atoms with Crippen LogP contribution in [0, 0.1) is 10.1 Å². The van der Waals surface area contributed by atoms with Crippen molar-refractivity contribution >= 4 is 11.6 Å². The average Bonchev–Trinajstić information content (AvgIpc) is 2.26. The number of carbonyl (C=O) groups is 1. The van der Waals surface area contributed by atoms with Crippen LogP contribution in [0.3, 0.4) is 0 Å². The van der Waals surface area contributed by atoms with Gasteiger partial charge in [0.25, 0.3) is 17.2 Å². The molecule has 0 atom stereocenters.